The molecule has 0 spiro atoms. The third-order valence-corrected chi connectivity index (χ3v) is 6.26. The Labute approximate surface area is 124 Å². The summed E-state index contributed by atoms with van der Waals surface area (Å²) in [6.07, 6.45) is 12.8. The van der Waals surface area contributed by atoms with Crippen LogP contribution in [0.1, 0.15) is 78.1 Å². The Morgan fingerprint density at radius 1 is 0.950 bits per heavy atom. The molecule has 20 heavy (non-hydrogen) atoms. The molecule has 0 bridgehead atoms. The quantitative estimate of drug-likeness (QED) is 0.818. The average molecular weight is 279 g/mol. The largest absolute Gasteiger partial charge is 0.389 e. The van der Waals surface area contributed by atoms with E-state index < -0.39 is 5.60 Å². The molecular formula is C18H33NO. The average Bonchev–Trinajstić information content (AvgIpc) is 3.26. The number of nitrogens with one attached hydrogen (secondary N) is 1. The van der Waals surface area contributed by atoms with Crippen molar-refractivity contribution in [3.8, 4) is 0 Å². The van der Waals surface area contributed by atoms with Crippen LogP contribution in [0.15, 0.2) is 0 Å². The monoisotopic (exact) mass is 279 g/mol. The zero-order valence-corrected chi connectivity index (χ0v) is 13.5. The third kappa shape index (κ3) is 3.76. The molecule has 3 fully saturated rings. The Morgan fingerprint density at radius 2 is 1.65 bits per heavy atom. The molecule has 0 amide bonds. The van der Waals surface area contributed by atoms with Crippen LogP contribution in [0.2, 0.25) is 0 Å². The Morgan fingerprint density at radius 3 is 2.30 bits per heavy atom. The standard InChI is InChI=1S/C18H33NO/c1-17(2)8-10-18(20,11-9-17)13-19-16-5-3-4-15(12-16)14-6-7-14/h14-16,19-20H,3-13H2,1-2H3. The van der Waals surface area contributed by atoms with Crippen LogP contribution in [0, 0.1) is 17.3 Å². The van der Waals surface area contributed by atoms with Gasteiger partial charge >= 0.3 is 0 Å². The minimum atomic E-state index is -0.429. The molecule has 0 radical (unpaired) electrons. The first-order chi connectivity index (χ1) is 9.46. The number of hydrogen-bond acceptors (Lipinski definition) is 2. The van der Waals surface area contributed by atoms with Gasteiger partial charge in [-0.2, -0.15) is 0 Å². The van der Waals surface area contributed by atoms with Crippen molar-refractivity contribution in [3.05, 3.63) is 0 Å². The van der Waals surface area contributed by atoms with Gasteiger partial charge in [0.15, 0.2) is 0 Å². The molecule has 3 aliphatic carbocycles. The first-order valence-corrected chi connectivity index (χ1v) is 8.92. The summed E-state index contributed by atoms with van der Waals surface area (Å²) in [5.74, 6) is 2.04. The summed E-state index contributed by atoms with van der Waals surface area (Å²) in [6.45, 7) is 5.49. The van der Waals surface area contributed by atoms with Gasteiger partial charge in [0.25, 0.3) is 0 Å². The fraction of sp³-hybridized carbons (Fsp3) is 1.00. The summed E-state index contributed by atoms with van der Waals surface area (Å²) in [5, 5.41) is 14.5. The fourth-order valence-corrected chi connectivity index (χ4v) is 4.31. The minimum absolute atomic E-state index is 0.429. The normalized spacial score (nSPS) is 36.8. The maximum atomic E-state index is 10.8. The summed E-state index contributed by atoms with van der Waals surface area (Å²) in [5.41, 5.74) is 0.0101. The highest BCUT2D eigenvalue weighted by molar-refractivity contribution is 4.93. The van der Waals surface area contributed by atoms with E-state index in [1.165, 1.54) is 51.4 Å². The summed E-state index contributed by atoms with van der Waals surface area (Å²) in [6, 6.07) is 0.674. The molecule has 3 aliphatic rings. The van der Waals surface area contributed by atoms with E-state index in [0.717, 1.165) is 31.2 Å². The van der Waals surface area contributed by atoms with Crippen LogP contribution in [-0.4, -0.2) is 23.3 Å². The zero-order valence-electron chi connectivity index (χ0n) is 13.5. The highest BCUT2D eigenvalue weighted by atomic mass is 16.3. The lowest BCUT2D eigenvalue weighted by molar-refractivity contribution is -0.0273. The second kappa shape index (κ2) is 5.61. The van der Waals surface area contributed by atoms with E-state index in [1.54, 1.807) is 0 Å². The topological polar surface area (TPSA) is 32.3 Å². The highest BCUT2D eigenvalue weighted by Crippen LogP contribution is 2.44. The van der Waals surface area contributed by atoms with Gasteiger partial charge in [0.2, 0.25) is 0 Å². The van der Waals surface area contributed by atoms with Gasteiger partial charge in [0, 0.05) is 12.6 Å². The minimum Gasteiger partial charge on any atom is -0.389 e. The van der Waals surface area contributed by atoms with Gasteiger partial charge in [0.1, 0.15) is 0 Å². The lowest BCUT2D eigenvalue weighted by atomic mass is 9.71. The van der Waals surface area contributed by atoms with Crippen molar-refractivity contribution in [2.45, 2.75) is 89.7 Å². The van der Waals surface area contributed by atoms with Gasteiger partial charge in [-0.05, 0) is 68.6 Å². The number of rotatable bonds is 4. The van der Waals surface area contributed by atoms with Crippen molar-refractivity contribution >= 4 is 0 Å². The molecule has 0 heterocycles. The molecule has 2 atom stereocenters. The first kappa shape index (κ1) is 14.8. The maximum absolute atomic E-state index is 10.8. The van der Waals surface area contributed by atoms with Gasteiger partial charge in [-0.25, -0.2) is 0 Å². The summed E-state index contributed by atoms with van der Waals surface area (Å²) in [7, 11) is 0. The molecule has 2 nitrogen and oxygen atoms in total. The fourth-order valence-electron chi connectivity index (χ4n) is 4.31. The van der Waals surface area contributed by atoms with E-state index in [9.17, 15) is 5.11 Å². The molecule has 0 saturated heterocycles. The van der Waals surface area contributed by atoms with Gasteiger partial charge in [-0.3, -0.25) is 0 Å². The van der Waals surface area contributed by atoms with Gasteiger partial charge in [0.05, 0.1) is 5.60 Å². The highest BCUT2D eigenvalue weighted by Gasteiger charge is 2.38. The second-order valence-electron chi connectivity index (χ2n) is 8.73. The predicted molar refractivity (Wildman–Crippen MR) is 83.7 cm³/mol. The molecule has 0 aromatic rings. The second-order valence-corrected chi connectivity index (χ2v) is 8.73. The van der Waals surface area contributed by atoms with E-state index in [-0.39, 0.29) is 0 Å². The van der Waals surface area contributed by atoms with Crippen LogP contribution >= 0.6 is 0 Å². The SMILES string of the molecule is CC1(C)CCC(O)(CNC2CCCC(C3CC3)C2)CC1. The van der Waals surface area contributed by atoms with Crippen molar-refractivity contribution < 1.29 is 5.11 Å². The van der Waals surface area contributed by atoms with Crippen LogP contribution in [0.5, 0.6) is 0 Å². The molecule has 3 rings (SSSR count). The summed E-state index contributed by atoms with van der Waals surface area (Å²) in [4.78, 5) is 0. The Bertz CT molecular complexity index is 324. The van der Waals surface area contributed by atoms with Crippen molar-refractivity contribution in [2.24, 2.45) is 17.3 Å². The molecule has 0 aliphatic heterocycles. The smallest absolute Gasteiger partial charge is 0.0772 e. The van der Waals surface area contributed by atoms with Crippen LogP contribution in [0.25, 0.3) is 0 Å². The molecule has 3 saturated carbocycles. The van der Waals surface area contributed by atoms with Crippen molar-refractivity contribution in [2.75, 3.05) is 6.54 Å². The third-order valence-electron chi connectivity index (χ3n) is 6.26. The maximum Gasteiger partial charge on any atom is 0.0772 e. The molecule has 2 heteroatoms. The molecule has 0 aromatic carbocycles. The van der Waals surface area contributed by atoms with Gasteiger partial charge in [-0.15, -0.1) is 0 Å². The van der Waals surface area contributed by atoms with E-state index in [2.05, 4.69) is 19.2 Å². The van der Waals surface area contributed by atoms with Gasteiger partial charge < -0.3 is 10.4 Å². The Hall–Kier alpha value is -0.0800. The van der Waals surface area contributed by atoms with E-state index >= 15 is 0 Å². The van der Waals surface area contributed by atoms with Crippen LogP contribution in [0.3, 0.4) is 0 Å². The van der Waals surface area contributed by atoms with Gasteiger partial charge in [-0.1, -0.05) is 26.7 Å². The molecule has 0 aromatic heterocycles. The predicted octanol–water partition coefficient (Wildman–Crippen LogP) is 3.88. The van der Waals surface area contributed by atoms with E-state index in [0.29, 0.717) is 11.5 Å². The number of aliphatic hydroxyl groups is 1. The van der Waals surface area contributed by atoms with Crippen LogP contribution in [0.4, 0.5) is 0 Å². The summed E-state index contributed by atoms with van der Waals surface area (Å²) >= 11 is 0. The molecule has 2 unspecified atom stereocenters. The number of hydrogen-bond donors (Lipinski definition) is 2. The van der Waals surface area contributed by atoms with Crippen molar-refractivity contribution in [1.82, 2.24) is 5.32 Å². The Balaban J connectivity index is 1.44. The molecular weight excluding hydrogens is 246 g/mol. The molecule has 2 N–H and O–H groups in total. The van der Waals surface area contributed by atoms with Crippen molar-refractivity contribution in [1.29, 1.82) is 0 Å². The van der Waals surface area contributed by atoms with E-state index in [4.69, 9.17) is 0 Å². The van der Waals surface area contributed by atoms with Crippen LogP contribution < -0.4 is 5.32 Å². The lowest BCUT2D eigenvalue weighted by Gasteiger charge is -2.41. The zero-order chi connectivity index (χ0) is 14.2. The van der Waals surface area contributed by atoms with E-state index in [1.807, 2.05) is 0 Å². The summed E-state index contributed by atoms with van der Waals surface area (Å²) < 4.78 is 0. The lowest BCUT2D eigenvalue weighted by Crippen LogP contribution is -2.48. The van der Waals surface area contributed by atoms with Crippen molar-refractivity contribution in [3.63, 3.8) is 0 Å². The molecule has 116 valence electrons. The van der Waals surface area contributed by atoms with Crippen LogP contribution in [-0.2, 0) is 0 Å². The Kier molecular flexibility index (Phi) is 4.16. The first-order valence-electron chi connectivity index (χ1n) is 8.92.